The Morgan fingerprint density at radius 3 is 2.47 bits per heavy atom. The van der Waals surface area contributed by atoms with Gasteiger partial charge in [-0.05, 0) is 38.6 Å². The monoisotopic (exact) mass is 228 g/mol. The minimum Gasteiger partial charge on any atom is -0.301 e. The second-order valence-electron chi connectivity index (χ2n) is 4.62. The van der Waals surface area contributed by atoms with Crippen molar-refractivity contribution < 1.29 is 0 Å². The lowest BCUT2D eigenvalue weighted by Gasteiger charge is -2.34. The molecule has 15 heavy (non-hydrogen) atoms. The lowest BCUT2D eigenvalue weighted by atomic mass is 9.84. The highest BCUT2D eigenvalue weighted by atomic mass is 35.5. The van der Waals surface area contributed by atoms with Crippen molar-refractivity contribution in [1.82, 2.24) is 4.90 Å². The number of hydrogen-bond donors (Lipinski definition) is 0. The van der Waals surface area contributed by atoms with Crippen molar-refractivity contribution >= 4 is 11.6 Å². The van der Waals surface area contributed by atoms with Crippen LogP contribution in [0.4, 0.5) is 0 Å². The summed E-state index contributed by atoms with van der Waals surface area (Å²) in [6, 6.07) is 2.72. The van der Waals surface area contributed by atoms with Crippen molar-refractivity contribution in [2.75, 3.05) is 13.6 Å². The number of rotatable bonds is 4. The van der Waals surface area contributed by atoms with Crippen molar-refractivity contribution in [2.45, 2.75) is 50.4 Å². The summed E-state index contributed by atoms with van der Waals surface area (Å²) in [5.74, 6) is 0.928. The molecule has 0 aliphatic heterocycles. The Morgan fingerprint density at radius 1 is 1.40 bits per heavy atom. The summed E-state index contributed by atoms with van der Waals surface area (Å²) in [6.45, 7) is 2.97. The Balaban J connectivity index is 2.30. The molecule has 1 atom stereocenters. The van der Waals surface area contributed by atoms with Crippen LogP contribution in [0.3, 0.4) is 0 Å². The van der Waals surface area contributed by atoms with Gasteiger partial charge in [0, 0.05) is 12.6 Å². The fourth-order valence-electron chi connectivity index (χ4n) is 2.44. The van der Waals surface area contributed by atoms with Crippen LogP contribution in [0, 0.1) is 17.2 Å². The lowest BCUT2D eigenvalue weighted by Crippen LogP contribution is -2.38. The van der Waals surface area contributed by atoms with Crippen LogP contribution in [0.1, 0.15) is 39.0 Å². The first kappa shape index (κ1) is 12.8. The molecule has 1 rings (SSSR count). The van der Waals surface area contributed by atoms with Gasteiger partial charge in [0.05, 0.1) is 6.07 Å². The van der Waals surface area contributed by atoms with E-state index in [0.717, 1.165) is 5.92 Å². The van der Waals surface area contributed by atoms with Gasteiger partial charge in [0.25, 0.3) is 0 Å². The van der Waals surface area contributed by atoms with Crippen LogP contribution in [0.2, 0.25) is 0 Å². The highest BCUT2D eigenvalue weighted by Gasteiger charge is 2.23. The third kappa shape index (κ3) is 4.01. The van der Waals surface area contributed by atoms with E-state index in [1.54, 1.807) is 0 Å². The minimum absolute atomic E-state index is 0.362. The molecule has 0 amide bonds. The normalized spacial score (nSPS) is 28.7. The van der Waals surface area contributed by atoms with Gasteiger partial charge in [-0.3, -0.25) is 0 Å². The average Bonchev–Trinajstić information content (AvgIpc) is 2.29. The van der Waals surface area contributed by atoms with Gasteiger partial charge >= 0.3 is 0 Å². The van der Waals surface area contributed by atoms with E-state index >= 15 is 0 Å². The van der Waals surface area contributed by atoms with E-state index in [-0.39, 0.29) is 5.38 Å². The van der Waals surface area contributed by atoms with Crippen LogP contribution >= 0.6 is 11.6 Å². The van der Waals surface area contributed by atoms with Crippen LogP contribution < -0.4 is 0 Å². The summed E-state index contributed by atoms with van der Waals surface area (Å²) in [7, 11) is 2.09. The Morgan fingerprint density at radius 2 is 2.00 bits per heavy atom. The molecule has 86 valence electrons. The van der Waals surface area contributed by atoms with Gasteiger partial charge in [-0.1, -0.05) is 13.3 Å². The molecule has 0 spiro atoms. The summed E-state index contributed by atoms with van der Waals surface area (Å²) in [5, 5.41) is 8.29. The molecule has 1 aliphatic rings. The van der Waals surface area contributed by atoms with Gasteiger partial charge in [-0.25, -0.2) is 0 Å². The molecule has 0 aromatic heterocycles. The van der Waals surface area contributed by atoms with Crippen molar-refractivity contribution in [2.24, 2.45) is 5.92 Å². The van der Waals surface area contributed by atoms with Crippen LogP contribution in [0.25, 0.3) is 0 Å². The van der Waals surface area contributed by atoms with Gasteiger partial charge < -0.3 is 4.90 Å². The second-order valence-corrected chi connectivity index (χ2v) is 5.15. The summed E-state index contributed by atoms with van der Waals surface area (Å²) in [4.78, 5) is 2.26. The molecule has 2 nitrogen and oxygen atoms in total. The number of hydrogen-bond acceptors (Lipinski definition) is 2. The largest absolute Gasteiger partial charge is 0.301 e. The van der Waals surface area contributed by atoms with Crippen molar-refractivity contribution in [3.63, 3.8) is 0 Å². The molecule has 1 aliphatic carbocycles. The maximum atomic E-state index is 8.65. The van der Waals surface area contributed by atoms with Crippen molar-refractivity contribution in [3.8, 4) is 6.07 Å². The van der Waals surface area contributed by atoms with E-state index in [2.05, 4.69) is 24.9 Å². The molecule has 1 unspecified atom stereocenters. The summed E-state index contributed by atoms with van der Waals surface area (Å²) >= 11 is 5.83. The number of nitrogens with zero attached hydrogens (tertiary/aromatic N) is 2. The molecule has 1 fully saturated rings. The van der Waals surface area contributed by atoms with Crippen LogP contribution in [0.15, 0.2) is 0 Å². The zero-order valence-corrected chi connectivity index (χ0v) is 10.5. The van der Waals surface area contributed by atoms with E-state index in [9.17, 15) is 0 Å². The van der Waals surface area contributed by atoms with Crippen molar-refractivity contribution in [3.05, 3.63) is 0 Å². The number of alkyl halides is 1. The summed E-state index contributed by atoms with van der Waals surface area (Å²) < 4.78 is 0. The van der Waals surface area contributed by atoms with E-state index in [1.807, 2.05) is 0 Å². The third-order valence-corrected chi connectivity index (χ3v) is 3.84. The van der Waals surface area contributed by atoms with E-state index in [1.165, 1.54) is 32.1 Å². The van der Waals surface area contributed by atoms with E-state index in [4.69, 9.17) is 16.9 Å². The van der Waals surface area contributed by atoms with Gasteiger partial charge in [-0.15, -0.1) is 11.6 Å². The molecule has 0 aromatic rings. The molecule has 0 radical (unpaired) electrons. The van der Waals surface area contributed by atoms with Crippen LogP contribution in [-0.2, 0) is 0 Å². The number of halogens is 1. The smallest absolute Gasteiger partial charge is 0.133 e. The van der Waals surface area contributed by atoms with Crippen molar-refractivity contribution in [1.29, 1.82) is 5.26 Å². The highest BCUT2D eigenvalue weighted by molar-refractivity contribution is 6.22. The second kappa shape index (κ2) is 6.35. The molecular formula is C12H21ClN2. The summed E-state index contributed by atoms with van der Waals surface area (Å²) in [5.41, 5.74) is 0. The number of nitriles is 1. The zero-order valence-electron chi connectivity index (χ0n) is 9.75. The Labute approximate surface area is 98.2 Å². The van der Waals surface area contributed by atoms with Gasteiger partial charge in [0.2, 0.25) is 0 Å². The predicted molar refractivity (Wildman–Crippen MR) is 63.9 cm³/mol. The minimum atomic E-state index is -0.362. The fraction of sp³-hybridized carbons (Fsp3) is 0.917. The first-order valence-corrected chi connectivity index (χ1v) is 6.35. The topological polar surface area (TPSA) is 27.0 Å². The lowest BCUT2D eigenvalue weighted by molar-refractivity contribution is 0.167. The molecule has 0 bridgehead atoms. The average molecular weight is 229 g/mol. The Hall–Kier alpha value is -0.260. The van der Waals surface area contributed by atoms with E-state index in [0.29, 0.717) is 12.6 Å². The van der Waals surface area contributed by atoms with Gasteiger partial charge in [0.15, 0.2) is 0 Å². The van der Waals surface area contributed by atoms with Gasteiger partial charge in [0.1, 0.15) is 5.38 Å². The quantitative estimate of drug-likeness (QED) is 0.692. The van der Waals surface area contributed by atoms with Crippen LogP contribution in [-0.4, -0.2) is 29.9 Å². The highest BCUT2D eigenvalue weighted by Crippen LogP contribution is 2.29. The first-order chi connectivity index (χ1) is 7.17. The molecule has 1 saturated carbocycles. The maximum absolute atomic E-state index is 8.65. The van der Waals surface area contributed by atoms with Gasteiger partial charge in [-0.2, -0.15) is 5.26 Å². The van der Waals surface area contributed by atoms with Crippen LogP contribution in [0.5, 0.6) is 0 Å². The molecule has 3 heteroatoms. The Bertz CT molecular complexity index is 216. The molecule has 0 aromatic carbocycles. The SMILES string of the molecule is CCC1CCC(N(C)CC(Cl)C#N)CC1. The summed E-state index contributed by atoms with van der Waals surface area (Å²) in [6.07, 6.45) is 6.52. The third-order valence-electron chi connectivity index (χ3n) is 3.61. The first-order valence-electron chi connectivity index (χ1n) is 5.91. The van der Waals surface area contributed by atoms with E-state index < -0.39 is 0 Å². The standard InChI is InChI=1S/C12H21ClN2/c1-3-10-4-6-12(7-5-10)15(2)9-11(13)8-14/h10-12H,3-7,9H2,1-2H3. The zero-order chi connectivity index (χ0) is 11.3. The molecule has 0 heterocycles. The molecule has 0 saturated heterocycles. The fourth-order valence-corrected chi connectivity index (χ4v) is 2.65. The maximum Gasteiger partial charge on any atom is 0.133 e. The Kier molecular flexibility index (Phi) is 5.42. The molecular weight excluding hydrogens is 208 g/mol. The predicted octanol–water partition coefficient (Wildman–Crippen LogP) is 3.02. The molecule has 0 N–H and O–H groups in total.